The predicted molar refractivity (Wildman–Crippen MR) is 85.5 cm³/mol. The molecule has 0 amide bonds. The largest absolute Gasteiger partial charge is 0.0651 e. The van der Waals surface area contributed by atoms with Crippen LogP contribution in [0.5, 0.6) is 0 Å². The highest BCUT2D eigenvalue weighted by Crippen LogP contribution is 2.58. The second kappa shape index (κ2) is 5.65. The second-order valence-electron chi connectivity index (χ2n) is 8.63. The minimum absolute atomic E-state index is 1.11. The molecule has 0 aliphatic heterocycles. The highest BCUT2D eigenvalue weighted by molar-refractivity contribution is 4.99. The fourth-order valence-corrected chi connectivity index (χ4v) is 7.34. The van der Waals surface area contributed by atoms with E-state index in [9.17, 15) is 0 Å². The molecule has 4 aliphatic carbocycles. The van der Waals surface area contributed by atoms with Crippen LogP contribution in [0.3, 0.4) is 0 Å². The molecule has 4 fully saturated rings. The van der Waals surface area contributed by atoms with E-state index in [-0.39, 0.29) is 0 Å². The van der Waals surface area contributed by atoms with E-state index in [0.717, 1.165) is 41.4 Å². The molecule has 0 nitrogen and oxygen atoms in total. The van der Waals surface area contributed by atoms with Crippen LogP contribution in [0, 0.1) is 41.4 Å². The maximum atomic E-state index is 2.51. The maximum Gasteiger partial charge on any atom is -0.0349 e. The molecular weight excluding hydrogens is 240 g/mol. The lowest BCUT2D eigenvalue weighted by Gasteiger charge is -2.56. The molecule has 114 valence electrons. The van der Waals surface area contributed by atoms with Crippen LogP contribution in [0.2, 0.25) is 0 Å². The third-order valence-electron chi connectivity index (χ3n) is 8.05. The van der Waals surface area contributed by atoms with Crippen molar-refractivity contribution in [2.45, 2.75) is 84.0 Å². The molecule has 4 aliphatic rings. The van der Waals surface area contributed by atoms with Crippen LogP contribution in [0.25, 0.3) is 0 Å². The van der Waals surface area contributed by atoms with Crippen LogP contribution in [0.4, 0.5) is 0 Å². The molecule has 0 saturated heterocycles. The molecule has 0 heteroatoms. The van der Waals surface area contributed by atoms with Crippen molar-refractivity contribution in [2.24, 2.45) is 41.4 Å². The molecule has 0 heterocycles. The molecule has 0 aromatic carbocycles. The first-order valence-corrected chi connectivity index (χ1v) is 9.88. The van der Waals surface area contributed by atoms with Crippen molar-refractivity contribution in [3.05, 3.63) is 0 Å². The first-order valence-electron chi connectivity index (χ1n) is 9.88. The SMILES string of the molecule is CCC1C2CCCCC2CC2C3CCCCC3CCC12. The molecule has 4 saturated carbocycles. The molecule has 0 N–H and O–H groups in total. The lowest BCUT2D eigenvalue weighted by molar-refractivity contribution is -0.0676. The zero-order chi connectivity index (χ0) is 13.5. The molecule has 20 heavy (non-hydrogen) atoms. The summed E-state index contributed by atoms with van der Waals surface area (Å²) in [6, 6.07) is 0. The predicted octanol–water partition coefficient (Wildman–Crippen LogP) is 6.06. The fourth-order valence-electron chi connectivity index (χ4n) is 7.34. The van der Waals surface area contributed by atoms with Crippen molar-refractivity contribution in [1.29, 1.82) is 0 Å². The average Bonchev–Trinajstić information content (AvgIpc) is 2.52. The van der Waals surface area contributed by atoms with Crippen LogP contribution >= 0.6 is 0 Å². The smallest absolute Gasteiger partial charge is 0.0349 e. The van der Waals surface area contributed by atoms with Gasteiger partial charge in [0, 0.05) is 0 Å². The maximum absolute atomic E-state index is 2.51. The molecule has 0 aromatic rings. The number of rotatable bonds is 1. The van der Waals surface area contributed by atoms with Gasteiger partial charge in [0.1, 0.15) is 0 Å². The van der Waals surface area contributed by atoms with Gasteiger partial charge < -0.3 is 0 Å². The normalized spacial score (nSPS) is 51.8. The summed E-state index contributed by atoms with van der Waals surface area (Å²) in [6.45, 7) is 2.51. The first kappa shape index (κ1) is 13.6. The quantitative estimate of drug-likeness (QED) is 0.545. The van der Waals surface area contributed by atoms with E-state index in [1.807, 2.05) is 0 Å². The highest BCUT2D eigenvalue weighted by Gasteiger charge is 2.50. The first-order chi connectivity index (χ1) is 9.88. The molecule has 7 unspecified atom stereocenters. The van der Waals surface area contributed by atoms with Gasteiger partial charge in [-0.05, 0) is 73.5 Å². The van der Waals surface area contributed by atoms with Crippen LogP contribution in [0.15, 0.2) is 0 Å². The van der Waals surface area contributed by atoms with Crippen molar-refractivity contribution >= 4 is 0 Å². The van der Waals surface area contributed by atoms with Crippen molar-refractivity contribution in [3.63, 3.8) is 0 Å². The minimum atomic E-state index is 1.11. The topological polar surface area (TPSA) is 0 Å². The monoisotopic (exact) mass is 274 g/mol. The number of hydrogen-bond acceptors (Lipinski definition) is 0. The molecule has 4 rings (SSSR count). The second-order valence-corrected chi connectivity index (χ2v) is 8.63. The summed E-state index contributed by atoms with van der Waals surface area (Å²) in [4.78, 5) is 0. The molecular formula is C20H34. The summed E-state index contributed by atoms with van der Waals surface area (Å²) in [6.07, 6.45) is 18.9. The Labute approximate surface area is 126 Å². The number of hydrogen-bond donors (Lipinski definition) is 0. The fraction of sp³-hybridized carbons (Fsp3) is 1.00. The van der Waals surface area contributed by atoms with Gasteiger partial charge >= 0.3 is 0 Å². The standard InChI is InChI=1S/C20H34/c1-2-16-18-10-6-4-8-15(18)13-20-17-9-5-3-7-14(17)11-12-19(16)20/h14-20H,2-13H2,1H3. The zero-order valence-electron chi connectivity index (χ0n) is 13.5. The van der Waals surface area contributed by atoms with E-state index in [2.05, 4.69) is 6.92 Å². The van der Waals surface area contributed by atoms with Crippen LogP contribution in [-0.4, -0.2) is 0 Å². The van der Waals surface area contributed by atoms with E-state index in [1.165, 1.54) is 6.42 Å². The Balaban J connectivity index is 1.58. The van der Waals surface area contributed by atoms with Gasteiger partial charge in [-0.2, -0.15) is 0 Å². The van der Waals surface area contributed by atoms with Crippen LogP contribution in [-0.2, 0) is 0 Å². The van der Waals surface area contributed by atoms with E-state index in [0.29, 0.717) is 0 Å². The van der Waals surface area contributed by atoms with E-state index in [4.69, 9.17) is 0 Å². The Morgan fingerprint density at radius 1 is 0.600 bits per heavy atom. The van der Waals surface area contributed by atoms with Crippen molar-refractivity contribution in [1.82, 2.24) is 0 Å². The summed E-state index contributed by atoms with van der Waals surface area (Å²) in [7, 11) is 0. The van der Waals surface area contributed by atoms with Gasteiger partial charge in [-0.3, -0.25) is 0 Å². The lowest BCUT2D eigenvalue weighted by atomic mass is 9.49. The van der Waals surface area contributed by atoms with E-state index >= 15 is 0 Å². The zero-order valence-corrected chi connectivity index (χ0v) is 13.5. The van der Waals surface area contributed by atoms with Gasteiger partial charge in [-0.25, -0.2) is 0 Å². The Morgan fingerprint density at radius 3 is 2.10 bits per heavy atom. The van der Waals surface area contributed by atoms with Crippen molar-refractivity contribution in [2.75, 3.05) is 0 Å². The van der Waals surface area contributed by atoms with Gasteiger partial charge in [0.15, 0.2) is 0 Å². The van der Waals surface area contributed by atoms with Crippen molar-refractivity contribution < 1.29 is 0 Å². The Bertz CT molecular complexity index is 333. The Morgan fingerprint density at radius 2 is 1.30 bits per heavy atom. The summed E-state index contributed by atoms with van der Waals surface area (Å²) in [5.74, 6) is 7.96. The third kappa shape index (κ3) is 2.17. The molecule has 0 spiro atoms. The van der Waals surface area contributed by atoms with Crippen molar-refractivity contribution in [3.8, 4) is 0 Å². The number of fused-ring (bicyclic) bond motifs is 4. The van der Waals surface area contributed by atoms with Gasteiger partial charge in [0.05, 0.1) is 0 Å². The Hall–Kier alpha value is 0. The van der Waals surface area contributed by atoms with Gasteiger partial charge in [-0.15, -0.1) is 0 Å². The van der Waals surface area contributed by atoms with E-state index in [1.54, 1.807) is 70.6 Å². The molecule has 0 aromatic heterocycles. The van der Waals surface area contributed by atoms with E-state index < -0.39 is 0 Å². The average molecular weight is 274 g/mol. The third-order valence-corrected chi connectivity index (χ3v) is 8.05. The molecule has 0 bridgehead atoms. The van der Waals surface area contributed by atoms with Crippen LogP contribution < -0.4 is 0 Å². The summed E-state index contributed by atoms with van der Waals surface area (Å²) >= 11 is 0. The van der Waals surface area contributed by atoms with Gasteiger partial charge in [0.25, 0.3) is 0 Å². The molecule has 7 atom stereocenters. The van der Waals surface area contributed by atoms with Gasteiger partial charge in [0.2, 0.25) is 0 Å². The van der Waals surface area contributed by atoms with Gasteiger partial charge in [-0.1, -0.05) is 51.9 Å². The van der Waals surface area contributed by atoms with Crippen LogP contribution in [0.1, 0.15) is 84.0 Å². The molecule has 0 radical (unpaired) electrons. The Kier molecular flexibility index (Phi) is 3.86. The lowest BCUT2D eigenvalue weighted by Crippen LogP contribution is -2.48. The summed E-state index contributed by atoms with van der Waals surface area (Å²) in [5.41, 5.74) is 0. The minimum Gasteiger partial charge on any atom is -0.0651 e. The summed E-state index contributed by atoms with van der Waals surface area (Å²) in [5, 5.41) is 0. The highest BCUT2D eigenvalue weighted by atomic mass is 14.5. The summed E-state index contributed by atoms with van der Waals surface area (Å²) < 4.78 is 0.